The number of hydrogen-bond donors (Lipinski definition) is 3. The van der Waals surface area contributed by atoms with Crippen molar-refractivity contribution in [3.63, 3.8) is 0 Å². The van der Waals surface area contributed by atoms with E-state index >= 15 is 0 Å². The Morgan fingerprint density at radius 1 is 1.20 bits per heavy atom. The number of amides is 2. The first-order valence-electron chi connectivity index (χ1n) is 6.94. The van der Waals surface area contributed by atoms with Gasteiger partial charge in [-0.3, -0.25) is 9.59 Å². The Kier molecular flexibility index (Phi) is 4.39. The van der Waals surface area contributed by atoms with E-state index in [-0.39, 0.29) is 17.7 Å². The molecule has 0 aliphatic heterocycles. The molecule has 1 fully saturated rings. The lowest BCUT2D eigenvalue weighted by atomic mass is 10.0. The van der Waals surface area contributed by atoms with Gasteiger partial charge in [0.1, 0.15) is 0 Å². The fourth-order valence-corrected chi connectivity index (χ4v) is 1.73. The van der Waals surface area contributed by atoms with Crippen molar-refractivity contribution in [1.29, 1.82) is 0 Å². The summed E-state index contributed by atoms with van der Waals surface area (Å²) in [6, 6.07) is 6.64. The summed E-state index contributed by atoms with van der Waals surface area (Å²) in [5.74, 6) is -0.196. The maximum Gasteiger partial charge on any atom is 0.251 e. The van der Waals surface area contributed by atoms with Crippen LogP contribution in [0.2, 0.25) is 0 Å². The van der Waals surface area contributed by atoms with E-state index in [0.29, 0.717) is 17.3 Å². The number of hydrogen-bond acceptors (Lipinski definition) is 3. The van der Waals surface area contributed by atoms with Gasteiger partial charge in [0.2, 0.25) is 5.91 Å². The van der Waals surface area contributed by atoms with Gasteiger partial charge < -0.3 is 16.4 Å². The van der Waals surface area contributed by atoms with Gasteiger partial charge in [-0.15, -0.1) is 0 Å². The van der Waals surface area contributed by atoms with Gasteiger partial charge in [-0.05, 0) is 43.0 Å². The number of anilines is 1. The summed E-state index contributed by atoms with van der Waals surface area (Å²) in [5.41, 5.74) is 7.02. The lowest BCUT2D eigenvalue weighted by Crippen LogP contribution is -2.39. The number of benzene rings is 1. The molecule has 5 heteroatoms. The third kappa shape index (κ3) is 3.81. The van der Waals surface area contributed by atoms with Crippen LogP contribution in [0.15, 0.2) is 24.3 Å². The molecule has 20 heavy (non-hydrogen) atoms. The summed E-state index contributed by atoms with van der Waals surface area (Å²) < 4.78 is 0. The average molecular weight is 275 g/mol. The topological polar surface area (TPSA) is 84.2 Å². The number of carbonyl (C=O) groups is 2. The molecule has 5 nitrogen and oxygen atoms in total. The zero-order chi connectivity index (χ0) is 14.7. The number of nitrogens with one attached hydrogen (secondary N) is 2. The number of carbonyl (C=O) groups excluding carboxylic acids is 2. The van der Waals surface area contributed by atoms with Crippen LogP contribution in [0.25, 0.3) is 0 Å². The van der Waals surface area contributed by atoms with Crippen LogP contribution in [-0.2, 0) is 4.79 Å². The van der Waals surface area contributed by atoms with Gasteiger partial charge in [0.25, 0.3) is 5.91 Å². The minimum atomic E-state index is -0.534. The molecular weight excluding hydrogens is 254 g/mol. The van der Waals surface area contributed by atoms with Crippen molar-refractivity contribution < 1.29 is 9.59 Å². The van der Waals surface area contributed by atoms with Gasteiger partial charge in [0.05, 0.1) is 6.04 Å². The summed E-state index contributed by atoms with van der Waals surface area (Å²) in [7, 11) is 0. The standard InChI is InChI=1S/C15H21N3O2/c1-9(2)13(16)15(20)18-11-5-3-10(4-6-11)14(19)17-12-7-8-12/h3-6,9,12-13H,7-8,16H2,1-2H3,(H,17,19)(H,18,20)/t13-/m1/s1. The Hall–Kier alpha value is -1.88. The van der Waals surface area contributed by atoms with Crippen molar-refractivity contribution >= 4 is 17.5 Å². The summed E-state index contributed by atoms with van der Waals surface area (Å²) in [4.78, 5) is 23.6. The maximum absolute atomic E-state index is 11.8. The molecule has 108 valence electrons. The molecule has 1 atom stereocenters. The Morgan fingerprint density at radius 3 is 2.30 bits per heavy atom. The zero-order valence-electron chi connectivity index (χ0n) is 11.8. The highest BCUT2D eigenvalue weighted by molar-refractivity contribution is 5.97. The molecule has 0 spiro atoms. The molecule has 0 unspecified atom stereocenters. The van der Waals surface area contributed by atoms with E-state index in [1.165, 1.54) is 0 Å². The van der Waals surface area contributed by atoms with E-state index in [9.17, 15) is 9.59 Å². The minimum Gasteiger partial charge on any atom is -0.349 e. The second-order valence-electron chi connectivity index (χ2n) is 5.58. The first-order chi connectivity index (χ1) is 9.47. The van der Waals surface area contributed by atoms with Gasteiger partial charge in [-0.25, -0.2) is 0 Å². The molecule has 0 heterocycles. The molecule has 0 bridgehead atoms. The van der Waals surface area contributed by atoms with Crippen LogP contribution in [0, 0.1) is 5.92 Å². The normalized spacial score (nSPS) is 15.8. The Morgan fingerprint density at radius 2 is 1.80 bits per heavy atom. The third-order valence-electron chi connectivity index (χ3n) is 3.35. The maximum atomic E-state index is 11.8. The minimum absolute atomic E-state index is 0.0655. The molecule has 2 amide bonds. The fraction of sp³-hybridized carbons (Fsp3) is 0.467. The van der Waals surface area contributed by atoms with Gasteiger partial charge in [0.15, 0.2) is 0 Å². The van der Waals surface area contributed by atoms with Crippen LogP contribution < -0.4 is 16.4 Å². The average Bonchev–Trinajstić information content (AvgIpc) is 3.22. The smallest absolute Gasteiger partial charge is 0.251 e. The van der Waals surface area contributed by atoms with Crippen molar-refractivity contribution in [3.05, 3.63) is 29.8 Å². The molecular formula is C15H21N3O2. The predicted octanol–water partition coefficient (Wildman–Crippen LogP) is 1.50. The highest BCUT2D eigenvalue weighted by Crippen LogP contribution is 2.19. The van der Waals surface area contributed by atoms with Crippen molar-refractivity contribution in [2.45, 2.75) is 38.8 Å². The first kappa shape index (κ1) is 14.5. The lowest BCUT2D eigenvalue weighted by molar-refractivity contribution is -0.118. The van der Waals surface area contributed by atoms with Crippen molar-refractivity contribution in [2.75, 3.05) is 5.32 Å². The van der Waals surface area contributed by atoms with Gasteiger partial charge in [-0.1, -0.05) is 13.8 Å². The largest absolute Gasteiger partial charge is 0.349 e. The Bertz CT molecular complexity index is 492. The third-order valence-corrected chi connectivity index (χ3v) is 3.35. The second kappa shape index (κ2) is 6.05. The lowest BCUT2D eigenvalue weighted by Gasteiger charge is -2.15. The number of nitrogens with two attached hydrogens (primary N) is 1. The van der Waals surface area contributed by atoms with E-state index in [4.69, 9.17) is 5.73 Å². The molecule has 1 aromatic carbocycles. The molecule has 1 aromatic rings. The predicted molar refractivity (Wildman–Crippen MR) is 78.4 cm³/mol. The van der Waals surface area contributed by atoms with E-state index in [2.05, 4.69) is 10.6 Å². The van der Waals surface area contributed by atoms with E-state index in [0.717, 1.165) is 12.8 Å². The summed E-state index contributed by atoms with van der Waals surface area (Å²) in [6.45, 7) is 3.80. The van der Waals surface area contributed by atoms with Crippen LogP contribution >= 0.6 is 0 Å². The van der Waals surface area contributed by atoms with Crippen LogP contribution in [0.1, 0.15) is 37.0 Å². The highest BCUT2D eigenvalue weighted by Gasteiger charge is 2.23. The van der Waals surface area contributed by atoms with E-state index in [1.54, 1.807) is 24.3 Å². The molecule has 0 radical (unpaired) electrons. The van der Waals surface area contributed by atoms with Gasteiger partial charge in [-0.2, -0.15) is 0 Å². The van der Waals surface area contributed by atoms with Crippen molar-refractivity contribution in [2.24, 2.45) is 11.7 Å². The van der Waals surface area contributed by atoms with E-state index < -0.39 is 6.04 Å². The molecule has 0 aromatic heterocycles. The fourth-order valence-electron chi connectivity index (χ4n) is 1.73. The molecule has 1 saturated carbocycles. The van der Waals surface area contributed by atoms with Crippen LogP contribution in [0.3, 0.4) is 0 Å². The second-order valence-corrected chi connectivity index (χ2v) is 5.58. The van der Waals surface area contributed by atoms with Crippen LogP contribution in [-0.4, -0.2) is 23.9 Å². The quantitative estimate of drug-likeness (QED) is 0.761. The van der Waals surface area contributed by atoms with Gasteiger partial charge >= 0.3 is 0 Å². The summed E-state index contributed by atoms with van der Waals surface area (Å²) in [5, 5.41) is 5.66. The molecule has 1 aliphatic carbocycles. The van der Waals surface area contributed by atoms with Gasteiger partial charge in [0, 0.05) is 17.3 Å². The first-order valence-corrected chi connectivity index (χ1v) is 6.94. The molecule has 4 N–H and O–H groups in total. The highest BCUT2D eigenvalue weighted by atomic mass is 16.2. The monoisotopic (exact) mass is 275 g/mol. The summed E-state index contributed by atoms with van der Waals surface area (Å²) >= 11 is 0. The van der Waals surface area contributed by atoms with E-state index in [1.807, 2.05) is 13.8 Å². The molecule has 1 aliphatic rings. The molecule has 0 saturated heterocycles. The molecule has 2 rings (SSSR count). The number of rotatable bonds is 5. The zero-order valence-corrected chi connectivity index (χ0v) is 11.8. The SMILES string of the molecule is CC(C)[C@@H](N)C(=O)Nc1ccc(C(=O)NC2CC2)cc1. The van der Waals surface area contributed by atoms with Crippen LogP contribution in [0.5, 0.6) is 0 Å². The van der Waals surface area contributed by atoms with Crippen LogP contribution in [0.4, 0.5) is 5.69 Å². The Balaban J connectivity index is 1.93. The van der Waals surface area contributed by atoms with Crippen molar-refractivity contribution in [1.82, 2.24) is 5.32 Å². The Labute approximate surface area is 118 Å². The summed E-state index contributed by atoms with van der Waals surface area (Å²) in [6.07, 6.45) is 2.12. The van der Waals surface area contributed by atoms with Crippen molar-refractivity contribution in [3.8, 4) is 0 Å².